The van der Waals surface area contributed by atoms with Gasteiger partial charge in [0.1, 0.15) is 0 Å². The average Bonchev–Trinajstić information content (AvgIpc) is 2.56. The number of fused-ring (bicyclic) bond motifs is 1. The number of hydrogen-bond donors (Lipinski definition) is 2. The molecule has 0 aliphatic heterocycles. The van der Waals surface area contributed by atoms with Gasteiger partial charge in [0.05, 0.1) is 0 Å². The van der Waals surface area contributed by atoms with Crippen LogP contribution in [0.5, 0.6) is 0 Å². The Kier molecular flexibility index (Phi) is 2.52. The molecule has 0 amide bonds. The van der Waals surface area contributed by atoms with E-state index < -0.39 is 0 Å². The molecule has 0 aliphatic carbocycles. The van der Waals surface area contributed by atoms with Crippen LogP contribution in [-0.4, -0.2) is 11.1 Å². The Bertz CT molecular complexity index is 447. The molecule has 1 atom stereocenters. The lowest BCUT2D eigenvalue weighted by Crippen LogP contribution is -2.06. The highest BCUT2D eigenvalue weighted by atomic mass is 32.1. The zero-order valence-electron chi connectivity index (χ0n) is 8.14. The van der Waals surface area contributed by atoms with Crippen molar-refractivity contribution in [2.75, 3.05) is 6.54 Å². The van der Waals surface area contributed by atoms with Crippen molar-refractivity contribution in [2.24, 2.45) is 12.8 Å². The first-order valence-electron chi connectivity index (χ1n) is 4.66. The summed E-state index contributed by atoms with van der Waals surface area (Å²) in [5.41, 5.74) is 8.07. The summed E-state index contributed by atoms with van der Waals surface area (Å²) in [4.78, 5) is 0. The molecular weight excluding hydrogens is 192 g/mol. The molecule has 2 aromatic rings. The van der Waals surface area contributed by atoms with Crippen molar-refractivity contribution in [3.05, 3.63) is 36.0 Å². The van der Waals surface area contributed by atoms with Crippen LogP contribution in [0.2, 0.25) is 0 Å². The molecule has 2 nitrogen and oxygen atoms in total. The van der Waals surface area contributed by atoms with Crippen molar-refractivity contribution in [1.29, 1.82) is 0 Å². The molecule has 0 bridgehead atoms. The quantitative estimate of drug-likeness (QED) is 0.724. The first-order chi connectivity index (χ1) is 6.74. The number of thiol groups is 1. The van der Waals surface area contributed by atoms with E-state index in [-0.39, 0.29) is 5.25 Å². The van der Waals surface area contributed by atoms with Crippen molar-refractivity contribution >= 4 is 23.5 Å². The van der Waals surface area contributed by atoms with E-state index >= 15 is 0 Å². The molecule has 1 aromatic heterocycles. The van der Waals surface area contributed by atoms with Gasteiger partial charge < -0.3 is 10.3 Å². The second-order valence-electron chi connectivity index (χ2n) is 3.46. The van der Waals surface area contributed by atoms with Crippen molar-refractivity contribution in [1.82, 2.24) is 4.57 Å². The van der Waals surface area contributed by atoms with Crippen LogP contribution in [0.25, 0.3) is 10.9 Å². The summed E-state index contributed by atoms with van der Waals surface area (Å²) in [7, 11) is 2.04. The number of benzene rings is 1. The predicted octanol–water partition coefficient (Wildman–Crippen LogP) is 2.11. The van der Waals surface area contributed by atoms with Crippen LogP contribution in [0.15, 0.2) is 30.5 Å². The number of nitrogens with zero attached hydrogens (tertiary/aromatic N) is 1. The second kappa shape index (κ2) is 3.67. The maximum absolute atomic E-state index is 5.62. The Hall–Kier alpha value is -0.930. The van der Waals surface area contributed by atoms with Crippen LogP contribution < -0.4 is 5.73 Å². The molecule has 0 saturated carbocycles. The van der Waals surface area contributed by atoms with Gasteiger partial charge in [-0.1, -0.05) is 18.2 Å². The lowest BCUT2D eigenvalue weighted by Gasteiger charge is -2.04. The zero-order valence-corrected chi connectivity index (χ0v) is 9.04. The summed E-state index contributed by atoms with van der Waals surface area (Å²) in [5, 5.41) is 1.38. The highest BCUT2D eigenvalue weighted by Gasteiger charge is 2.11. The Labute approximate surface area is 89.1 Å². The number of nitrogens with two attached hydrogens (primary N) is 1. The van der Waals surface area contributed by atoms with Crippen LogP contribution in [-0.2, 0) is 7.05 Å². The van der Waals surface area contributed by atoms with Gasteiger partial charge in [-0.3, -0.25) is 0 Å². The number of hydrogen-bond acceptors (Lipinski definition) is 2. The van der Waals surface area contributed by atoms with Gasteiger partial charge in [0, 0.05) is 35.9 Å². The fourth-order valence-corrected chi connectivity index (χ4v) is 1.97. The molecule has 1 aromatic carbocycles. The van der Waals surface area contributed by atoms with E-state index in [0.29, 0.717) is 6.54 Å². The van der Waals surface area contributed by atoms with E-state index in [4.69, 9.17) is 5.73 Å². The van der Waals surface area contributed by atoms with Gasteiger partial charge in [-0.2, -0.15) is 12.6 Å². The molecule has 74 valence electrons. The van der Waals surface area contributed by atoms with Gasteiger partial charge in [0.15, 0.2) is 0 Å². The van der Waals surface area contributed by atoms with E-state index in [1.54, 1.807) is 0 Å². The fourth-order valence-electron chi connectivity index (χ4n) is 1.77. The molecule has 3 heteroatoms. The molecule has 0 spiro atoms. The van der Waals surface area contributed by atoms with Crippen molar-refractivity contribution in [3.8, 4) is 0 Å². The molecule has 0 saturated heterocycles. The topological polar surface area (TPSA) is 30.9 Å². The third-order valence-corrected chi connectivity index (χ3v) is 3.00. The standard InChI is InChI=1S/C11H14N2S/c1-13-7-9(11(14)6-12)8-4-2-3-5-10(8)13/h2-5,7,11,14H,6,12H2,1H3. The highest BCUT2D eigenvalue weighted by Crippen LogP contribution is 2.28. The van der Waals surface area contributed by atoms with E-state index in [0.717, 1.165) is 0 Å². The Morgan fingerprint density at radius 2 is 2.14 bits per heavy atom. The molecule has 0 aliphatic rings. The third kappa shape index (κ3) is 1.42. The van der Waals surface area contributed by atoms with E-state index in [1.165, 1.54) is 16.5 Å². The van der Waals surface area contributed by atoms with Crippen LogP contribution in [0.4, 0.5) is 0 Å². The summed E-state index contributed by atoms with van der Waals surface area (Å²) >= 11 is 4.47. The third-order valence-electron chi connectivity index (χ3n) is 2.51. The number of rotatable bonds is 2. The molecule has 0 fully saturated rings. The summed E-state index contributed by atoms with van der Waals surface area (Å²) in [6.07, 6.45) is 2.11. The molecule has 14 heavy (non-hydrogen) atoms. The number of aromatic nitrogens is 1. The molecule has 0 radical (unpaired) electrons. The van der Waals surface area contributed by atoms with E-state index in [9.17, 15) is 0 Å². The van der Waals surface area contributed by atoms with Crippen LogP contribution in [0.1, 0.15) is 10.8 Å². The first kappa shape index (κ1) is 9.62. The van der Waals surface area contributed by atoms with Crippen molar-refractivity contribution in [2.45, 2.75) is 5.25 Å². The molecule has 2 N–H and O–H groups in total. The lowest BCUT2D eigenvalue weighted by atomic mass is 10.1. The predicted molar refractivity (Wildman–Crippen MR) is 63.7 cm³/mol. The van der Waals surface area contributed by atoms with Crippen LogP contribution >= 0.6 is 12.6 Å². The lowest BCUT2D eigenvalue weighted by molar-refractivity contribution is 0.919. The second-order valence-corrected chi connectivity index (χ2v) is 4.09. The molecular formula is C11H14N2S. The van der Waals surface area contributed by atoms with E-state index in [1.807, 2.05) is 19.2 Å². The van der Waals surface area contributed by atoms with Gasteiger partial charge in [-0.25, -0.2) is 0 Å². The van der Waals surface area contributed by atoms with Crippen molar-refractivity contribution < 1.29 is 0 Å². The first-order valence-corrected chi connectivity index (χ1v) is 5.17. The smallest absolute Gasteiger partial charge is 0.0480 e. The minimum atomic E-state index is 0.126. The molecule has 2 rings (SSSR count). The normalized spacial score (nSPS) is 13.4. The van der Waals surface area contributed by atoms with Crippen LogP contribution in [0.3, 0.4) is 0 Å². The maximum atomic E-state index is 5.62. The Morgan fingerprint density at radius 3 is 2.86 bits per heavy atom. The van der Waals surface area contributed by atoms with E-state index in [2.05, 4.69) is 35.5 Å². The zero-order chi connectivity index (χ0) is 10.1. The Morgan fingerprint density at radius 1 is 1.43 bits per heavy atom. The van der Waals surface area contributed by atoms with Crippen molar-refractivity contribution in [3.63, 3.8) is 0 Å². The van der Waals surface area contributed by atoms with Gasteiger partial charge in [-0.15, -0.1) is 0 Å². The van der Waals surface area contributed by atoms with Gasteiger partial charge in [0.2, 0.25) is 0 Å². The molecule has 1 unspecified atom stereocenters. The Balaban J connectivity index is 2.66. The minimum Gasteiger partial charge on any atom is -0.350 e. The van der Waals surface area contributed by atoms with Crippen LogP contribution in [0, 0.1) is 0 Å². The number of para-hydroxylation sites is 1. The SMILES string of the molecule is Cn1cc(C(S)CN)c2ccccc21. The highest BCUT2D eigenvalue weighted by molar-refractivity contribution is 7.80. The minimum absolute atomic E-state index is 0.126. The summed E-state index contributed by atoms with van der Waals surface area (Å²) in [6.45, 7) is 0.567. The maximum Gasteiger partial charge on any atom is 0.0480 e. The monoisotopic (exact) mass is 206 g/mol. The summed E-state index contributed by atoms with van der Waals surface area (Å²) < 4.78 is 2.11. The van der Waals surface area contributed by atoms with Gasteiger partial charge in [-0.05, 0) is 11.6 Å². The van der Waals surface area contributed by atoms with Gasteiger partial charge in [0.25, 0.3) is 0 Å². The average molecular weight is 206 g/mol. The number of aryl methyl sites for hydroxylation is 1. The summed E-state index contributed by atoms with van der Waals surface area (Å²) in [6, 6.07) is 8.31. The summed E-state index contributed by atoms with van der Waals surface area (Å²) in [5.74, 6) is 0. The van der Waals surface area contributed by atoms with Gasteiger partial charge >= 0.3 is 0 Å². The fraction of sp³-hybridized carbons (Fsp3) is 0.273. The molecule has 1 heterocycles. The largest absolute Gasteiger partial charge is 0.350 e.